The molecule has 0 saturated heterocycles. The second-order valence-electron chi connectivity index (χ2n) is 8.98. The monoisotopic (exact) mass is 534 g/mol. The normalized spacial score (nSPS) is 12.1. The Morgan fingerprint density at radius 1 is 1.14 bits per heavy atom. The van der Waals surface area contributed by atoms with Crippen molar-refractivity contribution in [3.8, 4) is 5.75 Å². The standard InChI is InChI=1S/C25H34N4O7S/c1-7-21(25(31)26-17(2)3)27(15-19-10-8-18(4)9-11-19)24(30)16-28(37(6,34)35)22-14-20(29(32)33)12-13-23(22)36-5/h8-14,17,21H,7,15-16H2,1-6H3,(H,26,31)/t21-/m1/s1. The van der Waals surface area contributed by atoms with Crippen LogP contribution in [-0.4, -0.2) is 62.0 Å². The number of ether oxygens (including phenoxy) is 1. The molecule has 37 heavy (non-hydrogen) atoms. The molecule has 1 N–H and O–H groups in total. The maximum Gasteiger partial charge on any atom is 0.271 e. The first-order valence-electron chi connectivity index (χ1n) is 11.7. The minimum Gasteiger partial charge on any atom is -0.495 e. The number of carbonyl (C=O) groups is 2. The lowest BCUT2D eigenvalue weighted by molar-refractivity contribution is -0.384. The Labute approximate surface area is 217 Å². The molecule has 2 rings (SSSR count). The van der Waals surface area contributed by atoms with Crippen LogP contribution in [0.4, 0.5) is 11.4 Å². The molecule has 2 aromatic carbocycles. The zero-order chi connectivity index (χ0) is 27.9. The largest absolute Gasteiger partial charge is 0.495 e. The number of hydrogen-bond acceptors (Lipinski definition) is 7. The zero-order valence-corrected chi connectivity index (χ0v) is 22.7. The average Bonchev–Trinajstić information content (AvgIpc) is 2.81. The van der Waals surface area contributed by atoms with Crippen molar-refractivity contribution in [1.82, 2.24) is 10.2 Å². The summed E-state index contributed by atoms with van der Waals surface area (Å²) in [5, 5.41) is 14.2. The molecular formula is C25H34N4O7S. The fraction of sp³-hybridized carbons (Fsp3) is 0.440. The third kappa shape index (κ3) is 7.91. The van der Waals surface area contributed by atoms with Crippen molar-refractivity contribution in [3.05, 3.63) is 63.7 Å². The van der Waals surface area contributed by atoms with Crippen LogP contribution in [0, 0.1) is 17.0 Å². The van der Waals surface area contributed by atoms with Gasteiger partial charge in [-0.05, 0) is 38.8 Å². The second kappa shape index (κ2) is 12.5. The molecule has 1 atom stereocenters. The predicted octanol–water partition coefficient (Wildman–Crippen LogP) is 3.01. The molecule has 0 bridgehead atoms. The summed E-state index contributed by atoms with van der Waals surface area (Å²) in [6, 6.07) is 9.88. The number of nitrogens with zero attached hydrogens (tertiary/aromatic N) is 3. The van der Waals surface area contributed by atoms with E-state index >= 15 is 0 Å². The average molecular weight is 535 g/mol. The molecule has 11 nitrogen and oxygen atoms in total. The Balaban J connectivity index is 2.55. The number of rotatable bonds is 12. The van der Waals surface area contributed by atoms with E-state index in [-0.39, 0.29) is 42.0 Å². The van der Waals surface area contributed by atoms with E-state index in [2.05, 4.69) is 5.32 Å². The number of nitro benzene ring substituents is 1. The highest BCUT2D eigenvalue weighted by molar-refractivity contribution is 7.92. The second-order valence-corrected chi connectivity index (χ2v) is 10.9. The van der Waals surface area contributed by atoms with Crippen LogP contribution in [-0.2, 0) is 26.2 Å². The van der Waals surface area contributed by atoms with Gasteiger partial charge in [-0.3, -0.25) is 24.0 Å². The quantitative estimate of drug-likeness (QED) is 0.326. The Bertz CT molecular complexity index is 1230. The lowest BCUT2D eigenvalue weighted by atomic mass is 10.1. The van der Waals surface area contributed by atoms with Crippen LogP contribution in [0.2, 0.25) is 0 Å². The van der Waals surface area contributed by atoms with Crippen molar-refractivity contribution >= 4 is 33.2 Å². The van der Waals surface area contributed by atoms with Crippen LogP contribution < -0.4 is 14.4 Å². The number of hydrogen-bond donors (Lipinski definition) is 1. The SMILES string of the molecule is CC[C@H](C(=O)NC(C)C)N(Cc1ccc(C)cc1)C(=O)CN(c1cc([N+](=O)[O-])ccc1OC)S(C)(=O)=O. The van der Waals surface area contributed by atoms with E-state index in [1.54, 1.807) is 20.8 Å². The summed E-state index contributed by atoms with van der Waals surface area (Å²) in [4.78, 5) is 38.8. The van der Waals surface area contributed by atoms with Crippen molar-refractivity contribution in [2.24, 2.45) is 0 Å². The summed E-state index contributed by atoms with van der Waals surface area (Å²) in [6.45, 7) is 6.67. The number of amides is 2. The van der Waals surface area contributed by atoms with Gasteiger partial charge in [0.05, 0.1) is 18.3 Å². The van der Waals surface area contributed by atoms with E-state index in [9.17, 15) is 28.1 Å². The van der Waals surface area contributed by atoms with Gasteiger partial charge < -0.3 is 15.0 Å². The van der Waals surface area contributed by atoms with Crippen molar-refractivity contribution in [3.63, 3.8) is 0 Å². The van der Waals surface area contributed by atoms with Crippen LogP contribution in [0.5, 0.6) is 5.75 Å². The molecule has 2 amide bonds. The number of aryl methyl sites for hydroxylation is 1. The first kappa shape index (κ1) is 29.6. The van der Waals surface area contributed by atoms with E-state index in [0.717, 1.165) is 27.8 Å². The van der Waals surface area contributed by atoms with Gasteiger partial charge >= 0.3 is 0 Å². The number of methoxy groups -OCH3 is 1. The predicted molar refractivity (Wildman–Crippen MR) is 141 cm³/mol. The number of sulfonamides is 1. The van der Waals surface area contributed by atoms with Gasteiger partial charge in [-0.25, -0.2) is 8.42 Å². The number of benzene rings is 2. The molecule has 0 saturated carbocycles. The van der Waals surface area contributed by atoms with Crippen molar-refractivity contribution in [2.45, 2.75) is 52.7 Å². The summed E-state index contributed by atoms with van der Waals surface area (Å²) < 4.78 is 31.6. The lowest BCUT2D eigenvalue weighted by Crippen LogP contribution is -2.53. The number of nitro groups is 1. The van der Waals surface area contributed by atoms with Crippen LogP contribution in [0.3, 0.4) is 0 Å². The number of nitrogens with one attached hydrogen (secondary N) is 1. The third-order valence-electron chi connectivity index (χ3n) is 5.61. The maximum absolute atomic E-state index is 13.7. The van der Waals surface area contributed by atoms with Gasteiger partial charge in [0.25, 0.3) is 5.69 Å². The molecule has 202 valence electrons. The van der Waals surface area contributed by atoms with E-state index in [1.165, 1.54) is 24.1 Å². The first-order valence-corrected chi connectivity index (χ1v) is 13.6. The molecule has 0 spiro atoms. The Hall–Kier alpha value is -3.67. The zero-order valence-electron chi connectivity index (χ0n) is 21.9. The molecule has 2 aromatic rings. The molecule has 0 aliphatic heterocycles. The molecule has 0 fully saturated rings. The Morgan fingerprint density at radius 3 is 2.24 bits per heavy atom. The first-order chi connectivity index (χ1) is 17.3. The minimum atomic E-state index is -4.09. The highest BCUT2D eigenvalue weighted by Crippen LogP contribution is 2.34. The van der Waals surface area contributed by atoms with Crippen LogP contribution in [0.1, 0.15) is 38.3 Å². The van der Waals surface area contributed by atoms with Crippen molar-refractivity contribution in [2.75, 3.05) is 24.2 Å². The number of non-ortho nitro benzene ring substituents is 1. The Kier molecular flexibility index (Phi) is 10.0. The molecule has 0 aliphatic rings. The van der Waals surface area contributed by atoms with Crippen LogP contribution in [0.25, 0.3) is 0 Å². The van der Waals surface area contributed by atoms with Gasteiger partial charge in [-0.1, -0.05) is 36.8 Å². The molecule has 12 heteroatoms. The van der Waals surface area contributed by atoms with Crippen LogP contribution >= 0.6 is 0 Å². The van der Waals surface area contributed by atoms with Crippen LogP contribution in [0.15, 0.2) is 42.5 Å². The van der Waals surface area contributed by atoms with Crippen molar-refractivity contribution in [1.29, 1.82) is 0 Å². The highest BCUT2D eigenvalue weighted by Gasteiger charge is 2.33. The van der Waals surface area contributed by atoms with E-state index in [1.807, 2.05) is 31.2 Å². The van der Waals surface area contributed by atoms with Gasteiger partial charge in [0.15, 0.2) is 0 Å². The van der Waals surface area contributed by atoms with Gasteiger partial charge in [0, 0.05) is 24.7 Å². The molecular weight excluding hydrogens is 500 g/mol. The fourth-order valence-corrected chi connectivity index (χ4v) is 4.62. The van der Waals surface area contributed by atoms with E-state index in [0.29, 0.717) is 0 Å². The van der Waals surface area contributed by atoms with Gasteiger partial charge in [0.2, 0.25) is 21.8 Å². The lowest BCUT2D eigenvalue weighted by Gasteiger charge is -2.33. The molecule has 0 radical (unpaired) electrons. The minimum absolute atomic E-state index is 0.0403. The smallest absolute Gasteiger partial charge is 0.271 e. The summed E-state index contributed by atoms with van der Waals surface area (Å²) in [7, 11) is -2.80. The topological polar surface area (TPSA) is 139 Å². The highest BCUT2D eigenvalue weighted by atomic mass is 32.2. The van der Waals surface area contributed by atoms with Crippen molar-refractivity contribution < 1.29 is 27.7 Å². The van der Waals surface area contributed by atoms with E-state index < -0.39 is 33.4 Å². The molecule has 0 aliphatic carbocycles. The fourth-order valence-electron chi connectivity index (χ4n) is 3.77. The van der Waals surface area contributed by atoms with Gasteiger partial charge in [-0.15, -0.1) is 0 Å². The van der Waals surface area contributed by atoms with E-state index in [4.69, 9.17) is 4.74 Å². The summed E-state index contributed by atoms with van der Waals surface area (Å²) in [6.07, 6.45) is 1.18. The maximum atomic E-state index is 13.7. The number of anilines is 1. The molecule has 0 unspecified atom stereocenters. The summed E-state index contributed by atoms with van der Waals surface area (Å²) in [5.41, 5.74) is 1.26. The van der Waals surface area contributed by atoms with Gasteiger partial charge in [-0.2, -0.15) is 0 Å². The Morgan fingerprint density at radius 2 is 1.76 bits per heavy atom. The van der Waals surface area contributed by atoms with Gasteiger partial charge in [0.1, 0.15) is 24.0 Å². The summed E-state index contributed by atoms with van der Waals surface area (Å²) >= 11 is 0. The third-order valence-corrected chi connectivity index (χ3v) is 6.74. The summed E-state index contributed by atoms with van der Waals surface area (Å²) in [5.74, 6) is -0.972. The number of carbonyl (C=O) groups excluding carboxylic acids is 2. The molecule has 0 aromatic heterocycles. The molecule has 0 heterocycles.